The number of hydrogen-bond donors (Lipinski definition) is 0. The molecule has 140 valence electrons. The van der Waals surface area contributed by atoms with Crippen LogP contribution in [0.3, 0.4) is 0 Å². The topological polar surface area (TPSA) is 41.4 Å². The van der Waals surface area contributed by atoms with Gasteiger partial charge >= 0.3 is 0 Å². The second kappa shape index (κ2) is 8.82. The van der Waals surface area contributed by atoms with E-state index in [4.69, 9.17) is 0 Å². The Labute approximate surface area is 164 Å². The number of aromatic nitrogens is 2. The molecular formula is C20H27BrN4O. The average molecular weight is 419 g/mol. The quantitative estimate of drug-likeness (QED) is 0.721. The standard InChI is InChI=1S/C20H27BrN4O/c1-3-25-15-16(21)14-19(25)20(26)23(2)18-8-12-24(13-9-18)11-7-17-6-4-5-10-22-17/h4-6,10,14-15,18H,3,7-9,11-13H2,1-2H3. The number of pyridine rings is 1. The van der Waals surface area contributed by atoms with Gasteiger partial charge in [-0.1, -0.05) is 6.07 Å². The lowest BCUT2D eigenvalue weighted by molar-refractivity contribution is 0.0633. The molecule has 0 unspecified atom stereocenters. The van der Waals surface area contributed by atoms with E-state index < -0.39 is 0 Å². The molecule has 2 aromatic heterocycles. The van der Waals surface area contributed by atoms with Gasteiger partial charge in [0, 0.05) is 68.2 Å². The minimum absolute atomic E-state index is 0.115. The zero-order valence-electron chi connectivity index (χ0n) is 15.6. The summed E-state index contributed by atoms with van der Waals surface area (Å²) in [6.07, 6.45) is 6.86. The molecule has 5 nitrogen and oxygen atoms in total. The van der Waals surface area contributed by atoms with E-state index >= 15 is 0 Å². The van der Waals surface area contributed by atoms with Crippen LogP contribution in [0.5, 0.6) is 0 Å². The predicted molar refractivity (Wildman–Crippen MR) is 107 cm³/mol. The van der Waals surface area contributed by atoms with E-state index in [0.29, 0.717) is 6.04 Å². The number of nitrogens with zero attached hydrogens (tertiary/aromatic N) is 4. The molecule has 3 rings (SSSR count). The minimum Gasteiger partial charge on any atom is -0.343 e. The third-order valence-corrected chi connectivity index (χ3v) is 5.69. The second-order valence-corrected chi connectivity index (χ2v) is 7.81. The highest BCUT2D eigenvalue weighted by atomic mass is 79.9. The summed E-state index contributed by atoms with van der Waals surface area (Å²) < 4.78 is 2.96. The SMILES string of the molecule is CCn1cc(Br)cc1C(=O)N(C)C1CCN(CCc2ccccn2)CC1. The summed E-state index contributed by atoms with van der Waals surface area (Å²) in [6.45, 7) is 5.96. The summed E-state index contributed by atoms with van der Waals surface area (Å²) in [4.78, 5) is 21.7. The molecule has 2 aromatic rings. The summed E-state index contributed by atoms with van der Waals surface area (Å²) in [5, 5.41) is 0. The molecule has 3 heterocycles. The number of hydrogen-bond acceptors (Lipinski definition) is 3. The molecule has 0 atom stereocenters. The summed E-state index contributed by atoms with van der Waals surface area (Å²) in [7, 11) is 1.94. The highest BCUT2D eigenvalue weighted by Crippen LogP contribution is 2.21. The third-order valence-electron chi connectivity index (χ3n) is 5.26. The Kier molecular flexibility index (Phi) is 6.48. The first-order valence-corrected chi connectivity index (χ1v) is 10.1. The maximum absolute atomic E-state index is 12.9. The molecule has 0 N–H and O–H groups in total. The van der Waals surface area contributed by atoms with Crippen molar-refractivity contribution in [1.29, 1.82) is 0 Å². The van der Waals surface area contributed by atoms with Gasteiger partial charge in [-0.05, 0) is 53.9 Å². The second-order valence-electron chi connectivity index (χ2n) is 6.89. The predicted octanol–water partition coefficient (Wildman–Crippen LogP) is 3.44. The van der Waals surface area contributed by atoms with Crippen molar-refractivity contribution in [3.05, 3.63) is 52.5 Å². The monoisotopic (exact) mass is 418 g/mol. The largest absolute Gasteiger partial charge is 0.343 e. The molecule has 26 heavy (non-hydrogen) atoms. The lowest BCUT2D eigenvalue weighted by atomic mass is 10.0. The minimum atomic E-state index is 0.115. The molecule has 1 amide bonds. The van der Waals surface area contributed by atoms with Gasteiger partial charge in [0.15, 0.2) is 0 Å². The van der Waals surface area contributed by atoms with Gasteiger partial charge in [0.05, 0.1) is 0 Å². The van der Waals surface area contributed by atoms with Crippen LogP contribution < -0.4 is 0 Å². The highest BCUT2D eigenvalue weighted by Gasteiger charge is 2.27. The number of amides is 1. The van der Waals surface area contributed by atoms with Gasteiger partial charge in [0.25, 0.3) is 5.91 Å². The Hall–Kier alpha value is -1.66. The fourth-order valence-corrected chi connectivity index (χ4v) is 4.07. The molecule has 0 radical (unpaired) electrons. The van der Waals surface area contributed by atoms with Gasteiger partial charge in [0.2, 0.25) is 0 Å². The number of aryl methyl sites for hydroxylation is 1. The summed E-state index contributed by atoms with van der Waals surface area (Å²) in [5.41, 5.74) is 1.91. The molecule has 0 saturated carbocycles. The van der Waals surface area contributed by atoms with Crippen molar-refractivity contribution in [2.75, 3.05) is 26.7 Å². The van der Waals surface area contributed by atoms with Crippen LogP contribution in [0.4, 0.5) is 0 Å². The molecular weight excluding hydrogens is 392 g/mol. The van der Waals surface area contributed by atoms with E-state index in [1.54, 1.807) is 0 Å². The van der Waals surface area contributed by atoms with Gasteiger partial charge in [-0.3, -0.25) is 9.78 Å². The Morgan fingerprint density at radius 3 is 2.77 bits per heavy atom. The van der Waals surface area contributed by atoms with E-state index in [2.05, 4.69) is 38.8 Å². The number of carbonyl (C=O) groups excluding carboxylic acids is 1. The fourth-order valence-electron chi connectivity index (χ4n) is 3.61. The van der Waals surface area contributed by atoms with Crippen molar-refractivity contribution in [3.63, 3.8) is 0 Å². The van der Waals surface area contributed by atoms with Gasteiger partial charge in [-0.15, -0.1) is 0 Å². The third kappa shape index (κ3) is 4.54. The first kappa shape index (κ1) is 19.1. The Morgan fingerprint density at radius 1 is 1.35 bits per heavy atom. The van der Waals surface area contributed by atoms with Gasteiger partial charge < -0.3 is 14.4 Å². The number of piperidine rings is 1. The van der Waals surface area contributed by atoms with Crippen molar-refractivity contribution in [3.8, 4) is 0 Å². The van der Waals surface area contributed by atoms with Crippen molar-refractivity contribution < 1.29 is 4.79 Å². The van der Waals surface area contributed by atoms with E-state index in [-0.39, 0.29) is 5.91 Å². The van der Waals surface area contributed by atoms with E-state index in [9.17, 15) is 4.79 Å². The number of carbonyl (C=O) groups is 1. The number of halogens is 1. The summed E-state index contributed by atoms with van der Waals surface area (Å²) >= 11 is 3.48. The van der Waals surface area contributed by atoms with Crippen LogP contribution in [0.1, 0.15) is 35.9 Å². The van der Waals surface area contributed by atoms with Crippen molar-refractivity contribution >= 4 is 21.8 Å². The van der Waals surface area contributed by atoms with Gasteiger partial charge in [0.1, 0.15) is 5.69 Å². The molecule has 6 heteroatoms. The molecule has 0 spiro atoms. The maximum atomic E-state index is 12.9. The van der Waals surface area contributed by atoms with Crippen LogP contribution in [0.2, 0.25) is 0 Å². The van der Waals surface area contributed by atoms with Crippen LogP contribution in [0.15, 0.2) is 41.1 Å². The van der Waals surface area contributed by atoms with E-state index in [1.807, 2.05) is 47.1 Å². The highest BCUT2D eigenvalue weighted by molar-refractivity contribution is 9.10. The first-order valence-electron chi connectivity index (χ1n) is 9.33. The first-order chi connectivity index (χ1) is 12.6. The zero-order valence-corrected chi connectivity index (χ0v) is 17.2. The zero-order chi connectivity index (χ0) is 18.5. The molecule has 1 aliphatic rings. The van der Waals surface area contributed by atoms with E-state index in [1.165, 1.54) is 0 Å². The fraction of sp³-hybridized carbons (Fsp3) is 0.500. The van der Waals surface area contributed by atoms with Crippen molar-refractivity contribution in [2.24, 2.45) is 0 Å². The normalized spacial score (nSPS) is 16.0. The molecule has 0 aromatic carbocycles. The van der Waals surface area contributed by atoms with Crippen LogP contribution >= 0.6 is 15.9 Å². The lowest BCUT2D eigenvalue weighted by Gasteiger charge is -2.36. The molecule has 1 aliphatic heterocycles. The molecule has 0 bridgehead atoms. The maximum Gasteiger partial charge on any atom is 0.270 e. The van der Waals surface area contributed by atoms with Crippen LogP contribution in [-0.2, 0) is 13.0 Å². The lowest BCUT2D eigenvalue weighted by Crippen LogP contribution is -2.46. The van der Waals surface area contributed by atoms with Crippen LogP contribution in [0.25, 0.3) is 0 Å². The van der Waals surface area contributed by atoms with Gasteiger partial charge in [-0.2, -0.15) is 0 Å². The molecule has 1 saturated heterocycles. The van der Waals surface area contributed by atoms with Crippen molar-refractivity contribution in [1.82, 2.24) is 19.4 Å². The van der Waals surface area contributed by atoms with Crippen LogP contribution in [-0.4, -0.2) is 58.0 Å². The number of likely N-dealkylation sites (tertiary alicyclic amines) is 1. The summed E-state index contributed by atoms with van der Waals surface area (Å²) in [5.74, 6) is 0.115. The molecule has 0 aliphatic carbocycles. The number of rotatable bonds is 6. The van der Waals surface area contributed by atoms with Crippen LogP contribution in [0, 0.1) is 0 Å². The summed E-state index contributed by atoms with van der Waals surface area (Å²) in [6, 6.07) is 8.31. The van der Waals surface area contributed by atoms with Gasteiger partial charge in [-0.25, -0.2) is 0 Å². The van der Waals surface area contributed by atoms with Crippen molar-refractivity contribution in [2.45, 2.75) is 38.8 Å². The molecule has 1 fully saturated rings. The Bertz CT molecular complexity index is 723. The Morgan fingerprint density at radius 2 is 2.12 bits per heavy atom. The Balaban J connectivity index is 1.51. The average Bonchev–Trinajstić information content (AvgIpc) is 3.07. The van der Waals surface area contributed by atoms with E-state index in [0.717, 1.165) is 61.3 Å². The smallest absolute Gasteiger partial charge is 0.270 e.